The molecule has 3 heteroatoms. The van der Waals surface area contributed by atoms with Crippen LogP contribution in [0.25, 0.3) is 0 Å². The Morgan fingerprint density at radius 1 is 0.905 bits per heavy atom. The number of quaternary nitrogens is 1. The van der Waals surface area contributed by atoms with Crippen LogP contribution in [-0.2, 0) is 13.2 Å². The number of aryl methyl sites for hydroxylation is 1. The van der Waals surface area contributed by atoms with Crippen LogP contribution in [0.1, 0.15) is 23.6 Å². The monoisotopic (exact) mass is 286 g/mol. The van der Waals surface area contributed by atoms with Gasteiger partial charge in [-0.1, -0.05) is 29.8 Å². The Labute approximate surface area is 126 Å². The molecule has 2 aromatic rings. The van der Waals surface area contributed by atoms with Crippen LogP contribution >= 0.6 is 0 Å². The number of hydrogen-bond donors (Lipinski definition) is 1. The van der Waals surface area contributed by atoms with Crippen molar-refractivity contribution in [2.75, 3.05) is 13.7 Å². The second-order valence-corrected chi connectivity index (χ2v) is 5.10. The summed E-state index contributed by atoms with van der Waals surface area (Å²) in [4.78, 5) is 0. The molecule has 0 atom stereocenters. The van der Waals surface area contributed by atoms with Gasteiger partial charge in [0.1, 0.15) is 13.2 Å². The Kier molecular flexibility index (Phi) is 5.64. The van der Waals surface area contributed by atoms with Crippen molar-refractivity contribution < 1.29 is 14.8 Å². The largest absolute Gasteiger partial charge is 0.490 e. The van der Waals surface area contributed by atoms with Crippen molar-refractivity contribution in [3.05, 3.63) is 59.2 Å². The maximum absolute atomic E-state index is 5.91. The van der Waals surface area contributed by atoms with Gasteiger partial charge >= 0.3 is 0 Å². The summed E-state index contributed by atoms with van der Waals surface area (Å²) in [6.45, 7) is 6.21. The number of nitrogens with two attached hydrogens (primary N) is 1. The summed E-state index contributed by atoms with van der Waals surface area (Å²) < 4.78 is 11.6. The molecule has 0 aromatic heterocycles. The van der Waals surface area contributed by atoms with E-state index in [1.165, 1.54) is 11.1 Å². The van der Waals surface area contributed by atoms with Gasteiger partial charge in [-0.05, 0) is 37.6 Å². The molecule has 0 radical (unpaired) electrons. The summed E-state index contributed by atoms with van der Waals surface area (Å²) in [6.07, 6.45) is 0. The topological polar surface area (TPSA) is 35.1 Å². The predicted molar refractivity (Wildman–Crippen MR) is 84.7 cm³/mol. The van der Waals surface area contributed by atoms with Crippen molar-refractivity contribution in [3.8, 4) is 11.5 Å². The molecule has 0 aliphatic rings. The van der Waals surface area contributed by atoms with Crippen LogP contribution < -0.4 is 14.8 Å². The van der Waals surface area contributed by atoms with Crippen molar-refractivity contribution in [1.29, 1.82) is 0 Å². The first-order valence-electron chi connectivity index (χ1n) is 7.44. The van der Waals surface area contributed by atoms with Crippen molar-refractivity contribution >= 4 is 0 Å². The lowest BCUT2D eigenvalue weighted by Crippen LogP contribution is -2.77. The Hall–Kier alpha value is -2.00. The van der Waals surface area contributed by atoms with Crippen molar-refractivity contribution in [3.63, 3.8) is 0 Å². The average molecular weight is 286 g/mol. The van der Waals surface area contributed by atoms with Gasteiger partial charge in [-0.3, -0.25) is 0 Å². The molecule has 0 fully saturated rings. The molecular formula is C18H24NO2+. The molecule has 0 unspecified atom stereocenters. The highest BCUT2D eigenvalue weighted by molar-refractivity contribution is 5.43. The smallest absolute Gasteiger partial charge is 0.161 e. The van der Waals surface area contributed by atoms with Crippen molar-refractivity contribution in [1.82, 2.24) is 0 Å². The van der Waals surface area contributed by atoms with E-state index in [0.717, 1.165) is 23.6 Å². The Morgan fingerprint density at radius 3 is 2.29 bits per heavy atom. The summed E-state index contributed by atoms with van der Waals surface area (Å²) in [5.41, 5.74) is 3.66. The first-order valence-corrected chi connectivity index (χ1v) is 7.44. The first kappa shape index (κ1) is 15.4. The van der Waals surface area contributed by atoms with Crippen LogP contribution in [0.15, 0.2) is 42.5 Å². The van der Waals surface area contributed by atoms with Gasteiger partial charge in [0.2, 0.25) is 0 Å². The predicted octanol–water partition coefficient (Wildman–Crippen LogP) is 2.67. The van der Waals surface area contributed by atoms with Gasteiger partial charge in [0, 0.05) is 5.56 Å². The second-order valence-electron chi connectivity index (χ2n) is 5.10. The number of hydrogen-bond acceptors (Lipinski definition) is 2. The molecule has 21 heavy (non-hydrogen) atoms. The number of rotatable bonds is 7. The van der Waals surface area contributed by atoms with Gasteiger partial charge in [-0.15, -0.1) is 0 Å². The van der Waals surface area contributed by atoms with Gasteiger partial charge in [0.25, 0.3) is 0 Å². The van der Waals surface area contributed by atoms with E-state index in [-0.39, 0.29) is 0 Å². The molecule has 0 spiro atoms. The quantitative estimate of drug-likeness (QED) is 0.849. The van der Waals surface area contributed by atoms with E-state index in [9.17, 15) is 0 Å². The van der Waals surface area contributed by atoms with Gasteiger partial charge in [0.15, 0.2) is 11.5 Å². The maximum atomic E-state index is 5.91. The van der Waals surface area contributed by atoms with Gasteiger partial charge in [-0.2, -0.15) is 0 Å². The van der Waals surface area contributed by atoms with Crippen LogP contribution in [0, 0.1) is 6.92 Å². The van der Waals surface area contributed by atoms with Crippen LogP contribution in [0.4, 0.5) is 0 Å². The lowest BCUT2D eigenvalue weighted by molar-refractivity contribution is -0.643. The van der Waals surface area contributed by atoms with E-state index in [4.69, 9.17) is 9.47 Å². The summed E-state index contributed by atoms with van der Waals surface area (Å²) >= 11 is 0. The molecule has 0 aliphatic heterocycles. The second kappa shape index (κ2) is 7.70. The molecule has 0 bridgehead atoms. The standard InChI is InChI=1S/C18H23NO2/c1-4-20-18-11-16(12-19-3)9-10-17(18)21-13-15-7-5-14(2)6-8-15/h5-11,19H,4,12-13H2,1-3H3/p+1. The minimum absolute atomic E-state index is 0.555. The molecule has 2 rings (SSSR count). The highest BCUT2D eigenvalue weighted by Gasteiger charge is 2.07. The Balaban J connectivity index is 2.09. The average Bonchev–Trinajstić information content (AvgIpc) is 2.49. The van der Waals surface area contributed by atoms with E-state index < -0.39 is 0 Å². The fraction of sp³-hybridized carbons (Fsp3) is 0.333. The molecule has 3 nitrogen and oxygen atoms in total. The third kappa shape index (κ3) is 4.50. The molecule has 112 valence electrons. The first-order chi connectivity index (χ1) is 10.2. The molecule has 0 amide bonds. The highest BCUT2D eigenvalue weighted by atomic mass is 16.5. The fourth-order valence-electron chi connectivity index (χ4n) is 2.15. The molecule has 0 aliphatic carbocycles. The summed E-state index contributed by atoms with van der Waals surface area (Å²) in [5.74, 6) is 1.63. The highest BCUT2D eigenvalue weighted by Crippen LogP contribution is 2.29. The fourth-order valence-corrected chi connectivity index (χ4v) is 2.15. The van der Waals surface area contributed by atoms with E-state index >= 15 is 0 Å². The molecule has 2 N–H and O–H groups in total. The molecule has 0 saturated heterocycles. The third-order valence-corrected chi connectivity index (χ3v) is 3.26. The maximum Gasteiger partial charge on any atom is 0.161 e. The minimum Gasteiger partial charge on any atom is -0.490 e. The van der Waals surface area contributed by atoms with E-state index in [2.05, 4.69) is 55.7 Å². The lowest BCUT2D eigenvalue weighted by atomic mass is 10.1. The van der Waals surface area contributed by atoms with Crippen LogP contribution in [0.3, 0.4) is 0 Å². The lowest BCUT2D eigenvalue weighted by Gasteiger charge is -2.13. The van der Waals surface area contributed by atoms with E-state index in [0.29, 0.717) is 13.2 Å². The van der Waals surface area contributed by atoms with Crippen LogP contribution in [0.5, 0.6) is 11.5 Å². The zero-order chi connectivity index (χ0) is 15.1. The van der Waals surface area contributed by atoms with Crippen molar-refractivity contribution in [2.24, 2.45) is 0 Å². The number of benzene rings is 2. The van der Waals surface area contributed by atoms with Crippen molar-refractivity contribution in [2.45, 2.75) is 27.0 Å². The Bertz CT molecular complexity index is 564. The molecule has 2 aromatic carbocycles. The summed E-state index contributed by atoms with van der Waals surface area (Å²) in [7, 11) is 2.06. The normalized spacial score (nSPS) is 10.4. The van der Waals surface area contributed by atoms with E-state index in [1.54, 1.807) is 0 Å². The zero-order valence-electron chi connectivity index (χ0n) is 13.1. The van der Waals surface area contributed by atoms with Gasteiger partial charge < -0.3 is 14.8 Å². The summed E-state index contributed by atoms with van der Waals surface area (Å²) in [6, 6.07) is 14.5. The molecular weight excluding hydrogens is 262 g/mol. The zero-order valence-corrected chi connectivity index (χ0v) is 13.1. The van der Waals surface area contributed by atoms with Gasteiger partial charge in [-0.25, -0.2) is 0 Å². The minimum atomic E-state index is 0.555. The Morgan fingerprint density at radius 2 is 1.62 bits per heavy atom. The molecule has 0 heterocycles. The van der Waals surface area contributed by atoms with E-state index in [1.807, 2.05) is 13.0 Å². The SMILES string of the molecule is CCOc1cc(C[NH2+]C)ccc1OCc1ccc(C)cc1. The molecule has 0 saturated carbocycles. The summed E-state index contributed by atoms with van der Waals surface area (Å²) in [5, 5.41) is 2.14. The third-order valence-electron chi connectivity index (χ3n) is 3.26. The van der Waals surface area contributed by atoms with Crippen LogP contribution in [-0.4, -0.2) is 13.7 Å². The van der Waals surface area contributed by atoms with Crippen LogP contribution in [0.2, 0.25) is 0 Å². The van der Waals surface area contributed by atoms with Gasteiger partial charge in [0.05, 0.1) is 13.7 Å². The number of ether oxygens (including phenoxy) is 2.